The maximum absolute atomic E-state index is 12.7. The number of hydrogen-bond acceptors (Lipinski definition) is 3. The summed E-state index contributed by atoms with van der Waals surface area (Å²) in [5, 5.41) is 11.7. The highest BCUT2D eigenvalue weighted by atomic mass is 35.5. The Hall–Kier alpha value is -1.72. The number of carbonyl (C=O) groups excluding carboxylic acids is 1. The summed E-state index contributed by atoms with van der Waals surface area (Å²) in [5.74, 6) is -0.624. The SMILES string of the molecule is O=C1C(c2[nH]c3ccc(Cl)c(Cl)c3c2O)=Nc2ccc(Cl)c(Cl)c21. The molecule has 0 saturated carbocycles. The van der Waals surface area contributed by atoms with E-state index in [9.17, 15) is 9.90 Å². The quantitative estimate of drug-likeness (QED) is 0.542. The standard InChI is InChI=1S/C16H6Cl4N2O2/c17-5-1-3-7-9(11(5)19)15(23)13(21-7)14-16(24)10-8(22-14)4-2-6(18)12(10)20/h1-4,21,23H. The van der Waals surface area contributed by atoms with Gasteiger partial charge in [-0.3, -0.25) is 4.79 Å². The van der Waals surface area contributed by atoms with Crippen LogP contribution in [-0.4, -0.2) is 21.6 Å². The summed E-state index contributed by atoms with van der Waals surface area (Å²) in [6, 6.07) is 6.40. The van der Waals surface area contributed by atoms with Gasteiger partial charge in [0.05, 0.1) is 42.2 Å². The summed E-state index contributed by atoms with van der Waals surface area (Å²) in [6.07, 6.45) is 0. The van der Waals surface area contributed by atoms with Crippen LogP contribution in [0.1, 0.15) is 16.1 Å². The molecule has 0 fully saturated rings. The lowest BCUT2D eigenvalue weighted by Crippen LogP contribution is -2.12. The predicted molar refractivity (Wildman–Crippen MR) is 97.0 cm³/mol. The molecule has 3 aromatic rings. The first-order valence-corrected chi connectivity index (χ1v) is 8.21. The minimum absolute atomic E-state index is 0.0371. The molecule has 24 heavy (non-hydrogen) atoms. The number of aromatic hydroxyl groups is 1. The number of aliphatic imine (C=N–C) groups is 1. The zero-order valence-electron chi connectivity index (χ0n) is 11.6. The topological polar surface area (TPSA) is 65.5 Å². The number of Topliss-reactive ketones (excluding diaryl/α,β-unsaturated/α-hetero) is 1. The van der Waals surface area contributed by atoms with Crippen molar-refractivity contribution in [3.63, 3.8) is 0 Å². The molecule has 8 heteroatoms. The Morgan fingerprint density at radius 1 is 0.958 bits per heavy atom. The van der Waals surface area contributed by atoms with E-state index in [2.05, 4.69) is 9.98 Å². The van der Waals surface area contributed by atoms with Crippen molar-refractivity contribution in [2.75, 3.05) is 0 Å². The predicted octanol–water partition coefficient (Wildman–Crippen LogP) is 5.80. The molecule has 0 radical (unpaired) electrons. The third-order valence-corrected chi connectivity index (χ3v) is 5.42. The Kier molecular flexibility index (Phi) is 3.55. The Balaban J connectivity index is 1.94. The molecule has 4 nitrogen and oxygen atoms in total. The zero-order valence-corrected chi connectivity index (χ0v) is 14.6. The number of H-pyrrole nitrogens is 1. The van der Waals surface area contributed by atoms with Crippen LogP contribution in [0.4, 0.5) is 5.69 Å². The second-order valence-corrected chi connectivity index (χ2v) is 6.75. The lowest BCUT2D eigenvalue weighted by molar-refractivity contribution is 0.107. The van der Waals surface area contributed by atoms with Crippen molar-refractivity contribution in [2.24, 2.45) is 4.99 Å². The zero-order chi connectivity index (χ0) is 17.2. The number of nitrogens with one attached hydrogen (secondary N) is 1. The average Bonchev–Trinajstić information content (AvgIpc) is 3.05. The van der Waals surface area contributed by atoms with Crippen LogP contribution in [0.3, 0.4) is 0 Å². The Morgan fingerprint density at radius 2 is 1.62 bits per heavy atom. The number of hydrogen-bond donors (Lipinski definition) is 2. The second kappa shape index (κ2) is 5.39. The number of rotatable bonds is 1. The van der Waals surface area contributed by atoms with Crippen LogP contribution in [-0.2, 0) is 0 Å². The molecule has 2 heterocycles. The lowest BCUT2D eigenvalue weighted by Gasteiger charge is -2.01. The van der Waals surface area contributed by atoms with Crippen LogP contribution in [0, 0.1) is 0 Å². The molecule has 1 aliphatic heterocycles. The van der Waals surface area contributed by atoms with Gasteiger partial charge in [-0.1, -0.05) is 46.4 Å². The number of fused-ring (bicyclic) bond motifs is 2. The normalized spacial score (nSPS) is 13.5. The Bertz CT molecular complexity index is 1090. The van der Waals surface area contributed by atoms with Gasteiger partial charge in [-0.05, 0) is 24.3 Å². The molecular weight excluding hydrogens is 394 g/mol. The van der Waals surface area contributed by atoms with Crippen LogP contribution < -0.4 is 0 Å². The monoisotopic (exact) mass is 398 g/mol. The highest BCUT2D eigenvalue weighted by Gasteiger charge is 2.32. The van der Waals surface area contributed by atoms with Crippen LogP contribution in [0.15, 0.2) is 29.3 Å². The summed E-state index contributed by atoms with van der Waals surface area (Å²) in [7, 11) is 0. The van der Waals surface area contributed by atoms with Gasteiger partial charge in [-0.15, -0.1) is 0 Å². The van der Waals surface area contributed by atoms with Gasteiger partial charge in [0, 0.05) is 0 Å². The molecule has 2 N–H and O–H groups in total. The average molecular weight is 400 g/mol. The van der Waals surface area contributed by atoms with E-state index < -0.39 is 5.78 Å². The number of ketones is 1. The molecule has 120 valence electrons. The second-order valence-electron chi connectivity index (χ2n) is 5.18. The lowest BCUT2D eigenvalue weighted by atomic mass is 10.1. The first-order valence-electron chi connectivity index (χ1n) is 6.70. The molecule has 0 aliphatic carbocycles. The van der Waals surface area contributed by atoms with Gasteiger partial charge >= 0.3 is 0 Å². The van der Waals surface area contributed by atoms with Gasteiger partial charge in [0.2, 0.25) is 5.78 Å². The number of halogens is 4. The Labute approximate surface area is 155 Å². The van der Waals surface area contributed by atoms with E-state index in [1.807, 2.05) is 0 Å². The molecule has 0 bridgehead atoms. The van der Waals surface area contributed by atoms with Gasteiger partial charge in [0.1, 0.15) is 11.4 Å². The van der Waals surface area contributed by atoms with E-state index in [1.165, 1.54) is 0 Å². The smallest absolute Gasteiger partial charge is 0.217 e. The van der Waals surface area contributed by atoms with Gasteiger partial charge in [0.25, 0.3) is 0 Å². The number of carbonyl (C=O) groups is 1. The summed E-state index contributed by atoms with van der Waals surface area (Å²) in [5.41, 5.74) is 1.33. The van der Waals surface area contributed by atoms with Crippen molar-refractivity contribution < 1.29 is 9.90 Å². The van der Waals surface area contributed by atoms with E-state index in [0.717, 1.165) is 0 Å². The highest BCUT2D eigenvalue weighted by Crippen LogP contribution is 2.42. The third-order valence-electron chi connectivity index (χ3n) is 3.81. The van der Waals surface area contributed by atoms with Crippen LogP contribution in [0.5, 0.6) is 5.75 Å². The van der Waals surface area contributed by atoms with Crippen molar-refractivity contribution in [3.8, 4) is 5.75 Å². The van der Waals surface area contributed by atoms with Gasteiger partial charge < -0.3 is 10.1 Å². The van der Waals surface area contributed by atoms with Crippen LogP contribution in [0.25, 0.3) is 10.9 Å². The number of nitrogens with zero attached hydrogens (tertiary/aromatic N) is 1. The summed E-state index contributed by atoms with van der Waals surface area (Å²) < 4.78 is 0. The maximum Gasteiger partial charge on any atom is 0.217 e. The fourth-order valence-corrected chi connectivity index (χ4v) is 3.50. The molecule has 0 spiro atoms. The van der Waals surface area contributed by atoms with E-state index >= 15 is 0 Å². The van der Waals surface area contributed by atoms with Crippen LogP contribution in [0.2, 0.25) is 20.1 Å². The molecule has 2 aromatic carbocycles. The highest BCUT2D eigenvalue weighted by molar-refractivity contribution is 6.59. The summed E-state index contributed by atoms with van der Waals surface area (Å²) >= 11 is 24.2. The molecular formula is C16H6Cl4N2O2. The molecule has 1 aliphatic rings. The number of aromatic nitrogens is 1. The minimum Gasteiger partial charge on any atom is -0.505 e. The van der Waals surface area contributed by atoms with E-state index in [1.54, 1.807) is 24.3 Å². The fourth-order valence-electron chi connectivity index (χ4n) is 2.69. The fraction of sp³-hybridized carbons (Fsp3) is 0. The molecule has 4 rings (SSSR count). The summed E-state index contributed by atoms with van der Waals surface area (Å²) in [4.78, 5) is 19.9. The number of aromatic amines is 1. The Morgan fingerprint density at radius 3 is 2.38 bits per heavy atom. The van der Waals surface area contributed by atoms with Crippen molar-refractivity contribution in [1.29, 1.82) is 0 Å². The molecule has 0 atom stereocenters. The molecule has 0 saturated heterocycles. The van der Waals surface area contributed by atoms with E-state index in [0.29, 0.717) is 21.6 Å². The largest absolute Gasteiger partial charge is 0.505 e. The minimum atomic E-state index is -0.429. The molecule has 1 aromatic heterocycles. The van der Waals surface area contributed by atoms with E-state index in [-0.39, 0.29) is 37.8 Å². The summed E-state index contributed by atoms with van der Waals surface area (Å²) in [6.45, 7) is 0. The first kappa shape index (κ1) is 15.8. The van der Waals surface area contributed by atoms with Crippen molar-refractivity contribution in [3.05, 3.63) is 55.6 Å². The van der Waals surface area contributed by atoms with Gasteiger partial charge in [0.15, 0.2) is 5.75 Å². The van der Waals surface area contributed by atoms with E-state index in [4.69, 9.17) is 46.4 Å². The molecule has 0 amide bonds. The van der Waals surface area contributed by atoms with Gasteiger partial charge in [-0.2, -0.15) is 0 Å². The molecule has 0 unspecified atom stereocenters. The number of benzene rings is 2. The van der Waals surface area contributed by atoms with Crippen LogP contribution >= 0.6 is 46.4 Å². The van der Waals surface area contributed by atoms with Crippen molar-refractivity contribution >= 4 is 74.5 Å². The first-order chi connectivity index (χ1) is 11.4. The third kappa shape index (κ3) is 2.07. The van der Waals surface area contributed by atoms with Crippen molar-refractivity contribution in [2.45, 2.75) is 0 Å². The van der Waals surface area contributed by atoms with Crippen molar-refractivity contribution in [1.82, 2.24) is 4.98 Å². The maximum atomic E-state index is 12.7. The van der Waals surface area contributed by atoms with Gasteiger partial charge in [-0.25, -0.2) is 4.99 Å².